The molecule has 0 radical (unpaired) electrons. The molecule has 0 atom stereocenters. The standard InChI is InChI=1S/C27H23N3O/c1-18-7-11-20(12-8-18)25-26(21-13-9-19(2)10-14-21)29-24(15-28-25)27(31)30-16-22-5-3-4-6-23(22)17-30/h3-15H,16-17H2,1-2H3. The SMILES string of the molecule is Cc1ccc(-c2ncc(C(=O)N3Cc4ccccc4C3)nc2-c2ccc(C)cc2)cc1. The Labute approximate surface area is 182 Å². The van der Waals surface area contributed by atoms with Crippen molar-refractivity contribution in [1.82, 2.24) is 14.9 Å². The molecule has 31 heavy (non-hydrogen) atoms. The van der Waals surface area contributed by atoms with E-state index in [2.05, 4.69) is 62.4 Å². The Balaban J connectivity index is 1.55. The summed E-state index contributed by atoms with van der Waals surface area (Å²) >= 11 is 0. The third kappa shape index (κ3) is 3.73. The van der Waals surface area contributed by atoms with Crippen LogP contribution < -0.4 is 0 Å². The van der Waals surface area contributed by atoms with Crippen molar-refractivity contribution >= 4 is 5.91 Å². The highest BCUT2D eigenvalue weighted by atomic mass is 16.2. The van der Waals surface area contributed by atoms with E-state index in [1.165, 1.54) is 22.3 Å². The molecule has 0 fully saturated rings. The second kappa shape index (κ2) is 7.80. The number of carbonyl (C=O) groups is 1. The Kier molecular flexibility index (Phi) is 4.83. The van der Waals surface area contributed by atoms with Crippen LogP contribution in [0.2, 0.25) is 0 Å². The highest BCUT2D eigenvalue weighted by molar-refractivity contribution is 5.94. The number of nitrogens with zero attached hydrogens (tertiary/aromatic N) is 3. The summed E-state index contributed by atoms with van der Waals surface area (Å²) in [6, 6.07) is 24.6. The molecule has 1 aromatic heterocycles. The van der Waals surface area contributed by atoms with Gasteiger partial charge in [-0.25, -0.2) is 4.98 Å². The zero-order chi connectivity index (χ0) is 21.4. The molecule has 0 saturated carbocycles. The summed E-state index contributed by atoms with van der Waals surface area (Å²) in [5.41, 5.74) is 8.58. The van der Waals surface area contributed by atoms with Crippen molar-refractivity contribution in [3.05, 3.63) is 107 Å². The lowest BCUT2D eigenvalue weighted by atomic mass is 10.0. The second-order valence-electron chi connectivity index (χ2n) is 8.11. The smallest absolute Gasteiger partial charge is 0.274 e. The van der Waals surface area contributed by atoms with Crippen LogP contribution in [0, 0.1) is 13.8 Å². The Morgan fingerprint density at radius 1 is 0.742 bits per heavy atom. The van der Waals surface area contributed by atoms with Crippen LogP contribution in [0.15, 0.2) is 79.0 Å². The first-order chi connectivity index (χ1) is 15.1. The summed E-state index contributed by atoms with van der Waals surface area (Å²) in [7, 11) is 0. The lowest BCUT2D eigenvalue weighted by Gasteiger charge is -2.16. The highest BCUT2D eigenvalue weighted by Crippen LogP contribution is 2.30. The number of rotatable bonds is 3. The maximum atomic E-state index is 13.3. The molecule has 1 aliphatic heterocycles. The van der Waals surface area contributed by atoms with E-state index in [0.717, 1.165) is 22.5 Å². The molecular weight excluding hydrogens is 382 g/mol. The topological polar surface area (TPSA) is 46.1 Å². The third-order valence-electron chi connectivity index (χ3n) is 5.77. The van der Waals surface area contributed by atoms with Gasteiger partial charge in [0.05, 0.1) is 17.6 Å². The fourth-order valence-corrected chi connectivity index (χ4v) is 3.97. The summed E-state index contributed by atoms with van der Waals surface area (Å²) in [5.74, 6) is -0.0903. The van der Waals surface area contributed by atoms with Gasteiger partial charge in [-0.2, -0.15) is 0 Å². The lowest BCUT2D eigenvalue weighted by molar-refractivity contribution is 0.0745. The van der Waals surface area contributed by atoms with E-state index >= 15 is 0 Å². The number of aryl methyl sites for hydroxylation is 2. The highest BCUT2D eigenvalue weighted by Gasteiger charge is 2.26. The van der Waals surface area contributed by atoms with Crippen molar-refractivity contribution in [2.75, 3.05) is 0 Å². The molecule has 0 unspecified atom stereocenters. The largest absolute Gasteiger partial charge is 0.329 e. The lowest BCUT2D eigenvalue weighted by Crippen LogP contribution is -2.26. The first-order valence-electron chi connectivity index (χ1n) is 10.5. The quantitative estimate of drug-likeness (QED) is 0.447. The Bertz CT molecular complexity index is 1240. The molecule has 0 aliphatic carbocycles. The maximum absolute atomic E-state index is 13.3. The number of hydrogen-bond donors (Lipinski definition) is 0. The minimum atomic E-state index is -0.0903. The molecular formula is C27H23N3O. The van der Waals surface area contributed by atoms with E-state index in [0.29, 0.717) is 18.8 Å². The first kappa shape index (κ1) is 19.2. The van der Waals surface area contributed by atoms with Gasteiger partial charge in [-0.15, -0.1) is 0 Å². The van der Waals surface area contributed by atoms with Crippen LogP contribution in [0.1, 0.15) is 32.7 Å². The van der Waals surface area contributed by atoms with E-state index in [4.69, 9.17) is 9.97 Å². The van der Waals surface area contributed by atoms with Crippen LogP contribution in [0.5, 0.6) is 0 Å². The fraction of sp³-hybridized carbons (Fsp3) is 0.148. The van der Waals surface area contributed by atoms with E-state index in [9.17, 15) is 4.79 Å². The summed E-state index contributed by atoms with van der Waals surface area (Å²) in [4.78, 5) is 24.6. The number of aromatic nitrogens is 2. The van der Waals surface area contributed by atoms with Gasteiger partial charge in [-0.05, 0) is 25.0 Å². The summed E-state index contributed by atoms with van der Waals surface area (Å²) in [5, 5.41) is 0. The summed E-state index contributed by atoms with van der Waals surface area (Å²) in [6.45, 7) is 5.33. The van der Waals surface area contributed by atoms with Gasteiger partial charge >= 0.3 is 0 Å². The summed E-state index contributed by atoms with van der Waals surface area (Å²) < 4.78 is 0. The van der Waals surface area contributed by atoms with E-state index < -0.39 is 0 Å². The van der Waals surface area contributed by atoms with Crippen molar-refractivity contribution in [3.63, 3.8) is 0 Å². The maximum Gasteiger partial charge on any atom is 0.274 e. The van der Waals surface area contributed by atoms with E-state index in [1.54, 1.807) is 6.20 Å². The van der Waals surface area contributed by atoms with Crippen molar-refractivity contribution in [2.24, 2.45) is 0 Å². The number of amides is 1. The minimum absolute atomic E-state index is 0.0903. The molecule has 152 valence electrons. The average Bonchev–Trinajstić information content (AvgIpc) is 3.24. The van der Waals surface area contributed by atoms with Gasteiger partial charge in [0, 0.05) is 24.2 Å². The van der Waals surface area contributed by atoms with Crippen molar-refractivity contribution < 1.29 is 4.79 Å². The van der Waals surface area contributed by atoms with E-state index in [-0.39, 0.29) is 5.91 Å². The van der Waals surface area contributed by atoms with Gasteiger partial charge < -0.3 is 4.90 Å². The van der Waals surface area contributed by atoms with Crippen LogP contribution in [0.3, 0.4) is 0 Å². The van der Waals surface area contributed by atoms with Crippen molar-refractivity contribution in [2.45, 2.75) is 26.9 Å². The van der Waals surface area contributed by atoms with Crippen LogP contribution in [-0.2, 0) is 13.1 Å². The van der Waals surface area contributed by atoms with Gasteiger partial charge in [0.1, 0.15) is 5.69 Å². The monoisotopic (exact) mass is 405 g/mol. The second-order valence-corrected chi connectivity index (χ2v) is 8.11. The molecule has 1 amide bonds. The molecule has 0 N–H and O–H groups in total. The number of fused-ring (bicyclic) bond motifs is 1. The van der Waals surface area contributed by atoms with Gasteiger partial charge in [0.15, 0.2) is 0 Å². The molecule has 4 nitrogen and oxygen atoms in total. The van der Waals surface area contributed by atoms with E-state index in [1.807, 2.05) is 29.2 Å². The van der Waals surface area contributed by atoms with Crippen molar-refractivity contribution in [3.8, 4) is 22.5 Å². The third-order valence-corrected chi connectivity index (χ3v) is 5.77. The van der Waals surface area contributed by atoms with Gasteiger partial charge in [0.25, 0.3) is 5.91 Å². The average molecular weight is 406 g/mol. The Morgan fingerprint density at radius 3 is 1.81 bits per heavy atom. The molecule has 5 rings (SSSR count). The van der Waals surface area contributed by atoms with Gasteiger partial charge in [0.2, 0.25) is 0 Å². The first-order valence-corrected chi connectivity index (χ1v) is 10.5. The fourth-order valence-electron chi connectivity index (χ4n) is 3.97. The zero-order valence-corrected chi connectivity index (χ0v) is 17.7. The normalized spacial score (nSPS) is 12.6. The molecule has 1 aliphatic rings. The number of benzene rings is 3. The number of hydrogen-bond acceptors (Lipinski definition) is 3. The van der Waals surface area contributed by atoms with Crippen LogP contribution in [0.4, 0.5) is 0 Å². The van der Waals surface area contributed by atoms with Crippen molar-refractivity contribution in [1.29, 1.82) is 0 Å². The van der Waals surface area contributed by atoms with Gasteiger partial charge in [-0.1, -0.05) is 83.9 Å². The van der Waals surface area contributed by atoms with Gasteiger partial charge in [-0.3, -0.25) is 9.78 Å². The summed E-state index contributed by atoms with van der Waals surface area (Å²) in [6.07, 6.45) is 1.61. The minimum Gasteiger partial charge on any atom is -0.329 e. The molecule has 4 aromatic rings. The van der Waals surface area contributed by atoms with Crippen LogP contribution in [-0.4, -0.2) is 20.8 Å². The Hall–Kier alpha value is -3.79. The number of carbonyl (C=O) groups excluding carboxylic acids is 1. The zero-order valence-electron chi connectivity index (χ0n) is 17.7. The predicted octanol–water partition coefficient (Wildman–Crippen LogP) is 5.58. The molecule has 2 heterocycles. The predicted molar refractivity (Wildman–Crippen MR) is 122 cm³/mol. The molecule has 3 aromatic carbocycles. The molecule has 4 heteroatoms. The van der Waals surface area contributed by atoms with Crippen LogP contribution >= 0.6 is 0 Å². The molecule has 0 saturated heterocycles. The van der Waals surface area contributed by atoms with Crippen LogP contribution in [0.25, 0.3) is 22.5 Å². The molecule has 0 spiro atoms. The Morgan fingerprint density at radius 2 is 1.26 bits per heavy atom. The molecule has 0 bridgehead atoms.